The molecule has 1 amide bonds. The van der Waals surface area contributed by atoms with Gasteiger partial charge in [0.1, 0.15) is 5.56 Å². The normalized spacial score (nSPS) is 16.7. The number of carbonyl (C=O) groups excluding carboxylic acids is 1. The van der Waals surface area contributed by atoms with E-state index in [2.05, 4.69) is 23.9 Å². The summed E-state index contributed by atoms with van der Waals surface area (Å²) in [4.78, 5) is 19.2. The van der Waals surface area contributed by atoms with Crippen LogP contribution in [0.25, 0.3) is 16.9 Å². The maximum Gasteiger partial charge on any atom is 0.259 e. The minimum atomic E-state index is 0.0216. The highest BCUT2D eigenvalue weighted by atomic mass is 16.2. The fourth-order valence-corrected chi connectivity index (χ4v) is 3.33. The molecular weight excluding hydrogens is 300 g/mol. The van der Waals surface area contributed by atoms with Crippen LogP contribution >= 0.6 is 0 Å². The van der Waals surface area contributed by atoms with Crippen molar-refractivity contribution in [3.63, 3.8) is 0 Å². The maximum absolute atomic E-state index is 12.9. The van der Waals surface area contributed by atoms with Gasteiger partial charge in [0.05, 0.1) is 11.9 Å². The molecule has 0 bridgehead atoms. The molecule has 0 unspecified atom stereocenters. The van der Waals surface area contributed by atoms with Crippen LogP contribution in [-0.2, 0) is 0 Å². The highest BCUT2D eigenvalue weighted by Crippen LogP contribution is 2.30. The van der Waals surface area contributed by atoms with E-state index in [9.17, 15) is 4.79 Å². The SMILES string of the molecule is CC1(C)CCN(C(=O)c2cnn3c(-c4ccccc4)ccnc23)C1. The van der Waals surface area contributed by atoms with Gasteiger partial charge in [0.25, 0.3) is 5.91 Å². The second-order valence-corrected chi connectivity index (χ2v) is 7.13. The first kappa shape index (κ1) is 14.9. The molecule has 0 radical (unpaired) electrons. The van der Waals surface area contributed by atoms with Gasteiger partial charge >= 0.3 is 0 Å². The van der Waals surface area contributed by atoms with Crippen LogP contribution in [-0.4, -0.2) is 38.5 Å². The molecule has 3 heterocycles. The zero-order valence-electron chi connectivity index (χ0n) is 13.9. The third-order valence-corrected chi connectivity index (χ3v) is 4.67. The Hall–Kier alpha value is -2.69. The molecule has 0 aliphatic carbocycles. The first-order valence-electron chi connectivity index (χ1n) is 8.23. The van der Waals surface area contributed by atoms with E-state index in [-0.39, 0.29) is 11.3 Å². The van der Waals surface area contributed by atoms with Crippen LogP contribution in [0, 0.1) is 5.41 Å². The number of hydrogen-bond donors (Lipinski definition) is 0. The molecule has 1 saturated heterocycles. The van der Waals surface area contributed by atoms with Crippen molar-refractivity contribution in [2.24, 2.45) is 5.41 Å². The van der Waals surface area contributed by atoms with Crippen LogP contribution in [0.15, 0.2) is 48.8 Å². The van der Waals surface area contributed by atoms with Crippen molar-refractivity contribution in [1.82, 2.24) is 19.5 Å². The molecule has 1 fully saturated rings. The van der Waals surface area contributed by atoms with Crippen molar-refractivity contribution in [3.8, 4) is 11.3 Å². The molecule has 122 valence electrons. The molecule has 24 heavy (non-hydrogen) atoms. The Kier molecular flexibility index (Phi) is 3.37. The van der Waals surface area contributed by atoms with Crippen LogP contribution < -0.4 is 0 Å². The minimum absolute atomic E-state index is 0.0216. The van der Waals surface area contributed by atoms with E-state index in [4.69, 9.17) is 0 Å². The van der Waals surface area contributed by atoms with Crippen molar-refractivity contribution >= 4 is 11.6 Å². The molecule has 1 aliphatic heterocycles. The van der Waals surface area contributed by atoms with Gasteiger partial charge in [-0.25, -0.2) is 9.50 Å². The molecule has 3 aromatic rings. The summed E-state index contributed by atoms with van der Waals surface area (Å²) >= 11 is 0. The van der Waals surface area contributed by atoms with E-state index < -0.39 is 0 Å². The van der Waals surface area contributed by atoms with Gasteiger partial charge in [0, 0.05) is 24.8 Å². The summed E-state index contributed by atoms with van der Waals surface area (Å²) in [5.74, 6) is 0.0216. The van der Waals surface area contributed by atoms with Gasteiger partial charge in [-0.2, -0.15) is 5.10 Å². The Balaban J connectivity index is 1.75. The molecule has 1 aromatic carbocycles. The summed E-state index contributed by atoms with van der Waals surface area (Å²) in [6.45, 7) is 5.97. The summed E-state index contributed by atoms with van der Waals surface area (Å²) in [5.41, 5.74) is 3.36. The average Bonchev–Trinajstić information content (AvgIpc) is 3.18. The van der Waals surface area contributed by atoms with Crippen molar-refractivity contribution in [2.45, 2.75) is 20.3 Å². The van der Waals surface area contributed by atoms with Gasteiger partial charge in [-0.1, -0.05) is 44.2 Å². The zero-order valence-corrected chi connectivity index (χ0v) is 13.9. The molecule has 0 spiro atoms. The first-order chi connectivity index (χ1) is 11.6. The smallest absolute Gasteiger partial charge is 0.259 e. The molecule has 1 aliphatic rings. The maximum atomic E-state index is 12.9. The van der Waals surface area contributed by atoms with Crippen LogP contribution in [0.3, 0.4) is 0 Å². The second kappa shape index (κ2) is 5.44. The Bertz CT molecular complexity index is 898. The van der Waals surface area contributed by atoms with Crippen LogP contribution in [0.4, 0.5) is 0 Å². The molecule has 5 nitrogen and oxygen atoms in total. The summed E-state index contributed by atoms with van der Waals surface area (Å²) in [5, 5.41) is 4.43. The zero-order chi connectivity index (χ0) is 16.7. The summed E-state index contributed by atoms with van der Waals surface area (Å²) < 4.78 is 1.75. The predicted octanol–water partition coefficient (Wildman–Crippen LogP) is 3.27. The third-order valence-electron chi connectivity index (χ3n) is 4.67. The van der Waals surface area contributed by atoms with Crippen LogP contribution in [0.2, 0.25) is 0 Å². The fraction of sp³-hybridized carbons (Fsp3) is 0.316. The number of nitrogens with zero attached hydrogens (tertiary/aromatic N) is 4. The lowest BCUT2D eigenvalue weighted by Gasteiger charge is -2.19. The summed E-state index contributed by atoms with van der Waals surface area (Å²) in [6, 6.07) is 11.9. The van der Waals surface area contributed by atoms with E-state index in [0.29, 0.717) is 11.2 Å². The van der Waals surface area contributed by atoms with E-state index in [1.165, 1.54) is 0 Å². The molecule has 0 saturated carbocycles. The summed E-state index contributed by atoms with van der Waals surface area (Å²) in [6.07, 6.45) is 4.41. The Labute approximate surface area is 140 Å². The monoisotopic (exact) mass is 320 g/mol. The van der Waals surface area contributed by atoms with Gasteiger partial charge in [-0.05, 0) is 17.9 Å². The Morgan fingerprint density at radius 2 is 1.96 bits per heavy atom. The average molecular weight is 320 g/mol. The van der Waals surface area contributed by atoms with Crippen molar-refractivity contribution < 1.29 is 4.79 Å². The number of fused-ring (bicyclic) bond motifs is 1. The van der Waals surface area contributed by atoms with Crippen molar-refractivity contribution in [2.75, 3.05) is 13.1 Å². The first-order valence-corrected chi connectivity index (χ1v) is 8.23. The van der Waals surface area contributed by atoms with E-state index in [0.717, 1.165) is 30.8 Å². The standard InChI is InChI=1S/C19H20N4O/c1-19(2)9-11-22(13-19)18(24)15-12-21-23-16(8-10-20-17(15)23)14-6-4-3-5-7-14/h3-8,10,12H,9,11,13H2,1-2H3. The third kappa shape index (κ3) is 2.46. The van der Waals surface area contributed by atoms with Crippen LogP contribution in [0.1, 0.15) is 30.6 Å². The van der Waals surface area contributed by atoms with Gasteiger partial charge < -0.3 is 4.90 Å². The second-order valence-electron chi connectivity index (χ2n) is 7.13. The number of likely N-dealkylation sites (tertiary alicyclic amines) is 1. The molecule has 5 heteroatoms. The van der Waals surface area contributed by atoms with Gasteiger partial charge in [0.15, 0.2) is 5.65 Å². The number of benzene rings is 1. The lowest BCUT2D eigenvalue weighted by molar-refractivity contribution is 0.0780. The Morgan fingerprint density at radius 3 is 2.67 bits per heavy atom. The molecule has 0 N–H and O–H groups in total. The largest absolute Gasteiger partial charge is 0.338 e. The van der Waals surface area contributed by atoms with Gasteiger partial charge in [-0.15, -0.1) is 0 Å². The van der Waals surface area contributed by atoms with Crippen molar-refractivity contribution in [1.29, 1.82) is 0 Å². The minimum Gasteiger partial charge on any atom is -0.338 e. The molecule has 0 atom stereocenters. The Morgan fingerprint density at radius 1 is 1.17 bits per heavy atom. The van der Waals surface area contributed by atoms with E-state index in [1.54, 1.807) is 16.9 Å². The molecule has 4 rings (SSSR count). The lowest BCUT2D eigenvalue weighted by atomic mass is 9.93. The highest BCUT2D eigenvalue weighted by molar-refractivity contribution is 6.00. The quantitative estimate of drug-likeness (QED) is 0.728. The van der Waals surface area contributed by atoms with E-state index in [1.807, 2.05) is 41.3 Å². The topological polar surface area (TPSA) is 50.5 Å². The number of amides is 1. The number of aromatic nitrogens is 3. The van der Waals surface area contributed by atoms with E-state index >= 15 is 0 Å². The predicted molar refractivity (Wildman–Crippen MR) is 92.7 cm³/mol. The fourth-order valence-electron chi connectivity index (χ4n) is 3.33. The number of carbonyl (C=O) groups is 1. The molecule has 2 aromatic heterocycles. The summed E-state index contributed by atoms with van der Waals surface area (Å²) in [7, 11) is 0. The number of rotatable bonds is 2. The van der Waals surface area contributed by atoms with Crippen LogP contribution in [0.5, 0.6) is 0 Å². The molecular formula is C19H20N4O. The highest BCUT2D eigenvalue weighted by Gasteiger charge is 2.33. The van der Waals surface area contributed by atoms with Gasteiger partial charge in [0.2, 0.25) is 0 Å². The lowest BCUT2D eigenvalue weighted by Crippen LogP contribution is -2.30. The van der Waals surface area contributed by atoms with Crippen molar-refractivity contribution in [3.05, 3.63) is 54.4 Å². The number of hydrogen-bond acceptors (Lipinski definition) is 3. The van der Waals surface area contributed by atoms with Gasteiger partial charge in [-0.3, -0.25) is 4.79 Å².